The fraction of sp³-hybridized carbons (Fsp3) is 0.333. The zero-order valence-electron chi connectivity index (χ0n) is 7.38. The third-order valence-corrected chi connectivity index (χ3v) is 2.30. The van der Waals surface area contributed by atoms with E-state index in [0.717, 1.165) is 16.6 Å². The maximum absolute atomic E-state index is 11.0. The Hall–Kier alpha value is -0.900. The number of nitrogens with one attached hydrogen (secondary N) is 1. The van der Waals surface area contributed by atoms with Crippen molar-refractivity contribution in [1.82, 2.24) is 10.3 Å². The first-order valence-corrected chi connectivity index (χ1v) is 5.08. The van der Waals surface area contributed by atoms with E-state index in [-0.39, 0.29) is 5.91 Å². The van der Waals surface area contributed by atoms with Gasteiger partial charge in [-0.2, -0.15) is 0 Å². The smallest absolute Gasteiger partial charge is 0.225 e. The van der Waals surface area contributed by atoms with Gasteiger partial charge in [-0.15, -0.1) is 0 Å². The molecule has 1 N–H and O–H groups in total. The molecule has 4 heteroatoms. The van der Waals surface area contributed by atoms with Gasteiger partial charge in [0.05, 0.1) is 6.42 Å². The number of alkyl halides is 1. The van der Waals surface area contributed by atoms with E-state index >= 15 is 0 Å². The number of hydrogen-bond acceptors (Lipinski definition) is 2. The number of likely N-dealkylation sites (N-methyl/N-ethyl adjacent to an activating group) is 1. The van der Waals surface area contributed by atoms with Gasteiger partial charge in [0.25, 0.3) is 0 Å². The highest BCUT2D eigenvalue weighted by Gasteiger charge is 2.02. The third-order valence-electron chi connectivity index (χ3n) is 1.66. The summed E-state index contributed by atoms with van der Waals surface area (Å²) in [6.07, 6.45) is 2.06. The molecule has 0 aliphatic heterocycles. The van der Waals surface area contributed by atoms with Crippen molar-refractivity contribution >= 4 is 21.8 Å². The monoisotopic (exact) mass is 242 g/mol. The standard InChI is InChI=1S/C9H11BrN2O/c1-11-9(13)5-8-4-7(6-10)2-3-12-8/h2-4H,5-6H2,1H3,(H,11,13). The summed E-state index contributed by atoms with van der Waals surface area (Å²) in [6.45, 7) is 0. The lowest BCUT2D eigenvalue weighted by Crippen LogP contribution is -2.20. The number of carbonyl (C=O) groups is 1. The van der Waals surface area contributed by atoms with E-state index in [1.165, 1.54) is 0 Å². The zero-order valence-corrected chi connectivity index (χ0v) is 8.97. The molecule has 1 aromatic rings. The van der Waals surface area contributed by atoms with E-state index in [1.54, 1.807) is 13.2 Å². The number of pyridine rings is 1. The van der Waals surface area contributed by atoms with Crippen molar-refractivity contribution in [2.24, 2.45) is 0 Å². The Labute approximate surface area is 85.7 Å². The van der Waals surface area contributed by atoms with Gasteiger partial charge < -0.3 is 5.32 Å². The van der Waals surface area contributed by atoms with Gasteiger partial charge in [-0.3, -0.25) is 9.78 Å². The molecule has 0 atom stereocenters. The number of hydrogen-bond donors (Lipinski definition) is 1. The van der Waals surface area contributed by atoms with E-state index in [0.29, 0.717) is 6.42 Å². The van der Waals surface area contributed by atoms with Gasteiger partial charge in [0, 0.05) is 24.3 Å². The molecule has 0 saturated heterocycles. The summed E-state index contributed by atoms with van der Waals surface area (Å²) >= 11 is 3.35. The van der Waals surface area contributed by atoms with Gasteiger partial charge in [-0.25, -0.2) is 0 Å². The van der Waals surface area contributed by atoms with Crippen molar-refractivity contribution in [3.63, 3.8) is 0 Å². The Balaban J connectivity index is 2.71. The van der Waals surface area contributed by atoms with Gasteiger partial charge in [0.1, 0.15) is 0 Å². The molecule has 0 saturated carbocycles. The Morgan fingerprint density at radius 1 is 1.69 bits per heavy atom. The molecule has 1 aromatic heterocycles. The quantitative estimate of drug-likeness (QED) is 0.812. The molecular formula is C9H11BrN2O. The molecule has 1 rings (SSSR count). The first-order chi connectivity index (χ1) is 6.26. The molecular weight excluding hydrogens is 232 g/mol. The van der Waals surface area contributed by atoms with Crippen LogP contribution in [0.15, 0.2) is 18.3 Å². The van der Waals surface area contributed by atoms with Crippen LogP contribution in [0.1, 0.15) is 11.3 Å². The zero-order chi connectivity index (χ0) is 9.68. The average molecular weight is 243 g/mol. The Bertz CT molecular complexity index is 301. The minimum atomic E-state index is -0.0146. The summed E-state index contributed by atoms with van der Waals surface area (Å²) in [4.78, 5) is 15.1. The summed E-state index contributed by atoms with van der Waals surface area (Å²) in [5.74, 6) is -0.0146. The van der Waals surface area contributed by atoms with Gasteiger partial charge in [0.2, 0.25) is 5.91 Å². The third kappa shape index (κ3) is 3.14. The van der Waals surface area contributed by atoms with Crippen LogP contribution in [0.3, 0.4) is 0 Å². The largest absolute Gasteiger partial charge is 0.359 e. The predicted octanol–water partition coefficient (Wildman–Crippen LogP) is 1.26. The van der Waals surface area contributed by atoms with Crippen molar-refractivity contribution in [3.8, 4) is 0 Å². The Kier molecular flexibility index (Phi) is 3.89. The molecule has 0 aliphatic carbocycles. The van der Waals surface area contributed by atoms with Crippen LogP contribution in [0.5, 0.6) is 0 Å². The number of amides is 1. The van der Waals surface area contributed by atoms with Gasteiger partial charge >= 0.3 is 0 Å². The topological polar surface area (TPSA) is 42.0 Å². The fourth-order valence-electron chi connectivity index (χ4n) is 0.961. The van der Waals surface area contributed by atoms with Crippen LogP contribution in [0.2, 0.25) is 0 Å². The SMILES string of the molecule is CNC(=O)Cc1cc(CBr)ccn1. The van der Waals surface area contributed by atoms with Crippen LogP contribution < -0.4 is 5.32 Å². The van der Waals surface area contributed by atoms with Gasteiger partial charge in [0.15, 0.2) is 0 Å². The number of halogens is 1. The molecule has 0 bridgehead atoms. The van der Waals surface area contributed by atoms with E-state index < -0.39 is 0 Å². The van der Waals surface area contributed by atoms with E-state index in [9.17, 15) is 4.79 Å². The van der Waals surface area contributed by atoms with Crippen LogP contribution in [-0.4, -0.2) is 17.9 Å². The number of rotatable bonds is 3. The highest BCUT2D eigenvalue weighted by Crippen LogP contribution is 2.06. The summed E-state index contributed by atoms with van der Waals surface area (Å²) in [5, 5.41) is 3.35. The Morgan fingerprint density at radius 2 is 2.46 bits per heavy atom. The molecule has 0 unspecified atom stereocenters. The van der Waals surface area contributed by atoms with Crippen molar-refractivity contribution in [2.45, 2.75) is 11.8 Å². The maximum Gasteiger partial charge on any atom is 0.225 e. The van der Waals surface area contributed by atoms with Crippen LogP contribution in [0, 0.1) is 0 Å². The molecule has 1 heterocycles. The first kappa shape index (κ1) is 10.2. The van der Waals surface area contributed by atoms with Gasteiger partial charge in [-0.1, -0.05) is 15.9 Å². The minimum absolute atomic E-state index is 0.0146. The summed E-state index contributed by atoms with van der Waals surface area (Å²) < 4.78 is 0. The maximum atomic E-state index is 11.0. The normalized spacial score (nSPS) is 9.69. The average Bonchev–Trinajstić information content (AvgIpc) is 2.18. The Morgan fingerprint density at radius 3 is 3.08 bits per heavy atom. The number of nitrogens with zero attached hydrogens (tertiary/aromatic N) is 1. The summed E-state index contributed by atoms with van der Waals surface area (Å²) in [7, 11) is 1.62. The lowest BCUT2D eigenvalue weighted by molar-refractivity contribution is -0.120. The van der Waals surface area contributed by atoms with Crippen LogP contribution in [-0.2, 0) is 16.5 Å². The van der Waals surface area contributed by atoms with Crippen molar-refractivity contribution in [2.75, 3.05) is 7.05 Å². The van der Waals surface area contributed by atoms with Gasteiger partial charge in [-0.05, 0) is 17.7 Å². The minimum Gasteiger partial charge on any atom is -0.359 e. The van der Waals surface area contributed by atoms with Crippen LogP contribution >= 0.6 is 15.9 Å². The van der Waals surface area contributed by atoms with Crippen molar-refractivity contribution < 1.29 is 4.79 Å². The molecule has 0 radical (unpaired) electrons. The lowest BCUT2D eigenvalue weighted by atomic mass is 10.2. The van der Waals surface area contributed by atoms with E-state index in [2.05, 4.69) is 26.2 Å². The van der Waals surface area contributed by atoms with Crippen molar-refractivity contribution in [1.29, 1.82) is 0 Å². The molecule has 3 nitrogen and oxygen atoms in total. The van der Waals surface area contributed by atoms with Crippen LogP contribution in [0.4, 0.5) is 0 Å². The molecule has 0 aliphatic rings. The predicted molar refractivity (Wildman–Crippen MR) is 54.6 cm³/mol. The number of aromatic nitrogens is 1. The van der Waals surface area contributed by atoms with Crippen LogP contribution in [0.25, 0.3) is 0 Å². The second kappa shape index (κ2) is 4.97. The second-order valence-corrected chi connectivity index (χ2v) is 3.20. The molecule has 0 fully saturated rings. The highest BCUT2D eigenvalue weighted by molar-refractivity contribution is 9.08. The summed E-state index contributed by atoms with van der Waals surface area (Å²) in [6, 6.07) is 3.84. The second-order valence-electron chi connectivity index (χ2n) is 2.64. The van der Waals surface area contributed by atoms with Crippen molar-refractivity contribution in [3.05, 3.63) is 29.6 Å². The lowest BCUT2D eigenvalue weighted by Gasteiger charge is -2.00. The summed E-state index contributed by atoms with van der Waals surface area (Å²) in [5.41, 5.74) is 1.94. The molecule has 70 valence electrons. The highest BCUT2D eigenvalue weighted by atomic mass is 79.9. The molecule has 13 heavy (non-hydrogen) atoms. The first-order valence-electron chi connectivity index (χ1n) is 3.96. The molecule has 0 aromatic carbocycles. The van der Waals surface area contributed by atoms with E-state index in [1.807, 2.05) is 12.1 Å². The molecule has 1 amide bonds. The number of carbonyl (C=O) groups excluding carboxylic acids is 1. The van der Waals surface area contributed by atoms with E-state index in [4.69, 9.17) is 0 Å². The fourth-order valence-corrected chi connectivity index (χ4v) is 1.31. The molecule has 0 spiro atoms.